The Kier molecular flexibility index (Phi) is 4.54. The van der Waals surface area contributed by atoms with E-state index in [9.17, 15) is 0 Å². The maximum Gasteiger partial charge on any atom is 0.233 e. The van der Waals surface area contributed by atoms with Crippen LogP contribution in [0, 0.1) is 5.92 Å². The van der Waals surface area contributed by atoms with E-state index < -0.39 is 0 Å². The molecule has 1 saturated carbocycles. The Morgan fingerprint density at radius 3 is 2.82 bits per heavy atom. The molecule has 0 bridgehead atoms. The smallest absolute Gasteiger partial charge is 0.233 e. The van der Waals surface area contributed by atoms with Crippen LogP contribution in [0.25, 0.3) is 0 Å². The first-order chi connectivity index (χ1) is 8.29. The van der Waals surface area contributed by atoms with Crippen molar-refractivity contribution in [2.24, 2.45) is 5.92 Å². The molecule has 2 rings (SSSR count). The van der Waals surface area contributed by atoms with Crippen molar-refractivity contribution in [1.29, 1.82) is 0 Å². The second-order valence-corrected chi connectivity index (χ2v) is 5.00. The molecular formula is C13H23N3O. The van der Waals surface area contributed by atoms with Crippen LogP contribution in [0.1, 0.15) is 63.8 Å². The number of hydrogen-bond donors (Lipinski definition) is 1. The van der Waals surface area contributed by atoms with Crippen LogP contribution >= 0.6 is 0 Å². The van der Waals surface area contributed by atoms with Crippen LogP contribution in [0.4, 0.5) is 0 Å². The molecule has 96 valence electrons. The molecule has 0 aromatic carbocycles. The molecule has 0 spiro atoms. The van der Waals surface area contributed by atoms with Gasteiger partial charge in [-0.3, -0.25) is 0 Å². The summed E-state index contributed by atoms with van der Waals surface area (Å²) in [5.74, 6) is 2.40. The molecule has 1 unspecified atom stereocenters. The van der Waals surface area contributed by atoms with Crippen molar-refractivity contribution in [3.63, 3.8) is 0 Å². The van der Waals surface area contributed by atoms with Gasteiger partial charge in [0.2, 0.25) is 11.8 Å². The van der Waals surface area contributed by atoms with Gasteiger partial charge in [-0.25, -0.2) is 0 Å². The van der Waals surface area contributed by atoms with E-state index in [1.807, 2.05) is 0 Å². The summed E-state index contributed by atoms with van der Waals surface area (Å²) in [6, 6.07) is 0.160. The maximum absolute atomic E-state index is 5.67. The zero-order valence-electron chi connectivity index (χ0n) is 10.9. The number of nitrogens with one attached hydrogen (secondary N) is 1. The summed E-state index contributed by atoms with van der Waals surface area (Å²) in [6.45, 7) is 5.05. The fraction of sp³-hybridized carbons (Fsp3) is 0.846. The minimum absolute atomic E-state index is 0.160. The van der Waals surface area contributed by atoms with Crippen LogP contribution in [0.5, 0.6) is 0 Å². The van der Waals surface area contributed by atoms with Gasteiger partial charge in [-0.15, -0.1) is 10.2 Å². The van der Waals surface area contributed by atoms with Gasteiger partial charge in [0.15, 0.2) is 0 Å². The molecule has 1 heterocycles. The van der Waals surface area contributed by atoms with Crippen LogP contribution in [0.3, 0.4) is 0 Å². The highest BCUT2D eigenvalue weighted by Crippen LogP contribution is 2.28. The SMILES string of the molecule is CCNC(C)c1nnc(CCC2CCCC2)o1. The predicted octanol–water partition coefficient (Wildman–Crippen LogP) is 2.86. The van der Waals surface area contributed by atoms with E-state index >= 15 is 0 Å². The van der Waals surface area contributed by atoms with Gasteiger partial charge in [0, 0.05) is 6.42 Å². The predicted molar refractivity (Wildman–Crippen MR) is 66.7 cm³/mol. The zero-order chi connectivity index (χ0) is 12.1. The molecule has 0 aliphatic heterocycles. The number of aromatic nitrogens is 2. The highest BCUT2D eigenvalue weighted by Gasteiger charge is 2.17. The maximum atomic E-state index is 5.67. The van der Waals surface area contributed by atoms with Crippen molar-refractivity contribution in [2.45, 2.75) is 58.4 Å². The summed E-state index contributed by atoms with van der Waals surface area (Å²) in [5, 5.41) is 11.5. The first-order valence-corrected chi connectivity index (χ1v) is 6.85. The summed E-state index contributed by atoms with van der Waals surface area (Å²) in [6.07, 6.45) is 7.71. The lowest BCUT2D eigenvalue weighted by atomic mass is 10.0. The summed E-state index contributed by atoms with van der Waals surface area (Å²) >= 11 is 0. The molecule has 1 aliphatic carbocycles. The highest BCUT2D eigenvalue weighted by molar-refractivity contribution is 4.88. The van der Waals surface area contributed by atoms with Gasteiger partial charge in [0.05, 0.1) is 6.04 Å². The van der Waals surface area contributed by atoms with Crippen LogP contribution in [-0.4, -0.2) is 16.7 Å². The second kappa shape index (κ2) is 6.15. The Hall–Kier alpha value is -0.900. The molecule has 0 amide bonds. The quantitative estimate of drug-likeness (QED) is 0.826. The molecule has 4 heteroatoms. The van der Waals surface area contributed by atoms with Crippen LogP contribution in [0.2, 0.25) is 0 Å². The topological polar surface area (TPSA) is 51.0 Å². The molecule has 1 N–H and O–H groups in total. The van der Waals surface area contributed by atoms with Crippen LogP contribution in [0.15, 0.2) is 4.42 Å². The van der Waals surface area contributed by atoms with E-state index in [4.69, 9.17) is 4.42 Å². The third kappa shape index (κ3) is 3.53. The average molecular weight is 237 g/mol. The van der Waals surface area contributed by atoms with E-state index in [0.29, 0.717) is 5.89 Å². The minimum atomic E-state index is 0.160. The first kappa shape index (κ1) is 12.6. The van der Waals surface area contributed by atoms with E-state index in [1.54, 1.807) is 0 Å². The van der Waals surface area contributed by atoms with Crippen molar-refractivity contribution in [2.75, 3.05) is 6.54 Å². The Morgan fingerprint density at radius 2 is 2.12 bits per heavy atom. The lowest BCUT2D eigenvalue weighted by Gasteiger charge is -2.06. The van der Waals surface area contributed by atoms with E-state index in [0.717, 1.165) is 24.8 Å². The largest absolute Gasteiger partial charge is 0.424 e. The Bertz CT molecular complexity index is 331. The lowest BCUT2D eigenvalue weighted by molar-refractivity contribution is 0.382. The fourth-order valence-electron chi connectivity index (χ4n) is 2.56. The van der Waals surface area contributed by atoms with E-state index in [-0.39, 0.29) is 6.04 Å². The van der Waals surface area contributed by atoms with E-state index in [1.165, 1.54) is 32.1 Å². The summed E-state index contributed by atoms with van der Waals surface area (Å²) in [7, 11) is 0. The molecule has 0 saturated heterocycles. The monoisotopic (exact) mass is 237 g/mol. The molecule has 1 aromatic rings. The van der Waals surface area contributed by atoms with Gasteiger partial charge in [0.25, 0.3) is 0 Å². The molecular weight excluding hydrogens is 214 g/mol. The van der Waals surface area contributed by atoms with Crippen molar-refractivity contribution < 1.29 is 4.42 Å². The molecule has 0 radical (unpaired) electrons. The van der Waals surface area contributed by atoms with E-state index in [2.05, 4.69) is 29.4 Å². The Balaban J connectivity index is 1.80. The Morgan fingerprint density at radius 1 is 1.35 bits per heavy atom. The van der Waals surface area contributed by atoms with Crippen molar-refractivity contribution in [1.82, 2.24) is 15.5 Å². The average Bonchev–Trinajstić information content (AvgIpc) is 2.98. The molecule has 17 heavy (non-hydrogen) atoms. The first-order valence-electron chi connectivity index (χ1n) is 6.85. The summed E-state index contributed by atoms with van der Waals surface area (Å²) in [4.78, 5) is 0. The molecule has 1 fully saturated rings. The number of rotatable bonds is 6. The summed E-state index contributed by atoms with van der Waals surface area (Å²) < 4.78 is 5.67. The normalized spacial score (nSPS) is 18.7. The fourth-order valence-corrected chi connectivity index (χ4v) is 2.56. The zero-order valence-corrected chi connectivity index (χ0v) is 10.9. The molecule has 1 atom stereocenters. The number of nitrogens with zero attached hydrogens (tertiary/aromatic N) is 2. The van der Waals surface area contributed by atoms with Crippen LogP contribution < -0.4 is 5.32 Å². The molecule has 1 aromatic heterocycles. The van der Waals surface area contributed by atoms with Crippen molar-refractivity contribution in [3.8, 4) is 0 Å². The second-order valence-electron chi connectivity index (χ2n) is 5.00. The van der Waals surface area contributed by atoms with Crippen LogP contribution in [-0.2, 0) is 6.42 Å². The van der Waals surface area contributed by atoms with Gasteiger partial charge in [-0.1, -0.05) is 32.6 Å². The van der Waals surface area contributed by atoms with Crippen molar-refractivity contribution >= 4 is 0 Å². The van der Waals surface area contributed by atoms with Gasteiger partial charge in [0.1, 0.15) is 0 Å². The van der Waals surface area contributed by atoms with Gasteiger partial charge < -0.3 is 9.73 Å². The molecule has 4 nitrogen and oxygen atoms in total. The molecule has 1 aliphatic rings. The third-order valence-corrected chi connectivity index (χ3v) is 3.60. The Labute approximate surface area is 103 Å². The third-order valence-electron chi connectivity index (χ3n) is 3.60. The van der Waals surface area contributed by atoms with Gasteiger partial charge >= 0.3 is 0 Å². The number of aryl methyl sites for hydroxylation is 1. The lowest BCUT2D eigenvalue weighted by Crippen LogP contribution is -2.17. The highest BCUT2D eigenvalue weighted by atomic mass is 16.4. The van der Waals surface area contributed by atoms with Crippen molar-refractivity contribution in [3.05, 3.63) is 11.8 Å². The summed E-state index contributed by atoms with van der Waals surface area (Å²) in [5.41, 5.74) is 0. The van der Waals surface area contributed by atoms with Gasteiger partial charge in [-0.05, 0) is 25.8 Å². The van der Waals surface area contributed by atoms with Gasteiger partial charge in [-0.2, -0.15) is 0 Å². The minimum Gasteiger partial charge on any atom is -0.424 e. The number of hydrogen-bond acceptors (Lipinski definition) is 4. The standard InChI is InChI=1S/C13H23N3O/c1-3-14-10(2)13-16-15-12(17-13)9-8-11-6-4-5-7-11/h10-11,14H,3-9H2,1-2H3.